The first-order valence-electron chi connectivity index (χ1n) is 18.4. The van der Waals surface area contributed by atoms with Crippen LogP contribution in [0.15, 0.2) is 22.2 Å². The fourth-order valence-corrected chi connectivity index (χ4v) is 9.44. The summed E-state index contributed by atoms with van der Waals surface area (Å²) in [5.41, 5.74) is 10.6. The monoisotopic (exact) mass is 838 g/mol. The zero-order valence-electron chi connectivity index (χ0n) is 33.7. The summed E-state index contributed by atoms with van der Waals surface area (Å²) in [6, 6.07) is 1.97. The third-order valence-corrected chi connectivity index (χ3v) is 21.5. The van der Waals surface area contributed by atoms with Crippen LogP contribution in [0, 0.1) is 11.3 Å². The summed E-state index contributed by atoms with van der Waals surface area (Å²) >= 11 is 0. The van der Waals surface area contributed by atoms with E-state index < -0.39 is 72.6 Å². The minimum Gasteiger partial charge on any atom is -0.414 e. The number of imidazole rings is 1. The third kappa shape index (κ3) is 9.83. The van der Waals surface area contributed by atoms with Crippen molar-refractivity contribution in [3.8, 4) is 6.07 Å². The Morgan fingerprint density at radius 2 is 1.52 bits per heavy atom. The molecule has 310 valence electrons. The Balaban J connectivity index is 1.43. The van der Waals surface area contributed by atoms with Gasteiger partial charge < -0.3 is 29.8 Å². The topological polar surface area (TPSA) is 269 Å². The fraction of sp³-hybridized carbons (Fsp3) is 0.727. The van der Waals surface area contributed by atoms with E-state index in [0.717, 1.165) is 0 Å². The average molecular weight is 839 g/mol. The maximum absolute atomic E-state index is 14.6. The minimum atomic E-state index is -4.50. The largest absolute Gasteiger partial charge is 0.475 e. The zero-order chi connectivity index (χ0) is 41.4. The predicted octanol–water partition coefficient (Wildman–Crippen LogP) is 4.36. The Morgan fingerprint density at radius 3 is 2.14 bits per heavy atom. The molecule has 2 aliphatic heterocycles. The van der Waals surface area contributed by atoms with Crippen LogP contribution in [0.2, 0.25) is 36.3 Å². The van der Waals surface area contributed by atoms with Crippen LogP contribution in [-0.4, -0.2) is 94.9 Å². The van der Waals surface area contributed by atoms with Gasteiger partial charge in [-0.1, -0.05) is 41.5 Å². The summed E-state index contributed by atoms with van der Waals surface area (Å²) in [5, 5.41) is 8.98. The number of ether oxygens (including phenoxy) is 2. The van der Waals surface area contributed by atoms with E-state index in [1.807, 2.05) is 6.07 Å². The number of nitriles is 1. The average Bonchev–Trinajstić information content (AvgIpc) is 3.78. The van der Waals surface area contributed by atoms with Gasteiger partial charge >= 0.3 is 13.5 Å². The van der Waals surface area contributed by atoms with Crippen molar-refractivity contribution < 1.29 is 36.5 Å². The molecule has 0 aliphatic carbocycles. The van der Waals surface area contributed by atoms with Gasteiger partial charge in [0.1, 0.15) is 37.1 Å². The number of nitrogen functional groups attached to an aromatic ring is 2. The van der Waals surface area contributed by atoms with Crippen LogP contribution in [0.25, 0.3) is 11.2 Å². The number of anilines is 2. The molecule has 3 aromatic heterocycles. The van der Waals surface area contributed by atoms with E-state index in [1.54, 1.807) is 4.57 Å². The van der Waals surface area contributed by atoms with Crippen LogP contribution in [0.3, 0.4) is 0 Å². The van der Waals surface area contributed by atoms with Gasteiger partial charge in [0.25, 0.3) is 5.56 Å². The number of aromatic amines is 1. The Morgan fingerprint density at radius 1 is 0.911 bits per heavy atom. The lowest BCUT2D eigenvalue weighted by atomic mass is 10.2. The number of aromatic nitrogens is 7. The van der Waals surface area contributed by atoms with E-state index in [-0.39, 0.29) is 65.8 Å². The molecule has 0 amide bonds. The van der Waals surface area contributed by atoms with Crippen molar-refractivity contribution in [3.05, 3.63) is 33.5 Å². The van der Waals surface area contributed by atoms with Crippen molar-refractivity contribution in [2.24, 2.45) is 0 Å². The molecule has 0 saturated carbocycles. The Hall–Kier alpha value is -3.37. The lowest BCUT2D eigenvalue weighted by Gasteiger charge is -2.39. The zero-order valence-corrected chi connectivity index (χ0v) is 36.6. The van der Waals surface area contributed by atoms with Gasteiger partial charge in [0.2, 0.25) is 11.9 Å². The number of nitrogens with one attached hydrogen (secondary N) is 1. The minimum absolute atomic E-state index is 0.0236. The molecule has 3 unspecified atom stereocenters. The van der Waals surface area contributed by atoms with Crippen molar-refractivity contribution in [1.29, 1.82) is 5.26 Å². The first kappa shape index (κ1) is 43.8. The van der Waals surface area contributed by atoms with Gasteiger partial charge in [0.15, 0.2) is 27.8 Å². The van der Waals surface area contributed by atoms with Crippen LogP contribution in [0.4, 0.5) is 11.9 Å². The van der Waals surface area contributed by atoms with Crippen molar-refractivity contribution in [2.75, 3.05) is 31.3 Å². The second kappa shape index (κ2) is 16.5. The van der Waals surface area contributed by atoms with Crippen LogP contribution in [0.1, 0.15) is 73.3 Å². The standard InChI is InChI=1S/C33H55N10O10PSi2/c1-32(2,3)55(7,8)49-17-23-20(14-25(51-23)43-19-38-29(35)41-31(43)45)52-54(46,47-13-11-12-34)48-16-22-21(53-56(9,10)33(4,5)6)15-24(50-22)42-18-37-26-27(42)39-30(36)40-28(26)44/h18-25H,11,13-17H2,1-10H3,(H2,35,41,45)(H3,36,39,40,44)/t20?,21?,22-,23-,24-,25-,54?/m1/s1. The molecule has 20 nitrogen and oxygen atoms in total. The van der Waals surface area contributed by atoms with Crippen LogP contribution < -0.4 is 22.7 Å². The number of hydrogen-bond donors (Lipinski definition) is 3. The molecule has 0 radical (unpaired) electrons. The molecule has 5 rings (SSSR count). The number of rotatable bonds is 15. The summed E-state index contributed by atoms with van der Waals surface area (Å²) in [5.74, 6) is -0.273. The van der Waals surface area contributed by atoms with E-state index in [4.69, 9.17) is 43.4 Å². The van der Waals surface area contributed by atoms with E-state index >= 15 is 0 Å². The highest BCUT2D eigenvalue weighted by Gasteiger charge is 2.49. The van der Waals surface area contributed by atoms with Gasteiger partial charge in [0.05, 0.1) is 44.7 Å². The summed E-state index contributed by atoms with van der Waals surface area (Å²) in [6.07, 6.45) is -1.89. The first-order chi connectivity index (χ1) is 25.9. The summed E-state index contributed by atoms with van der Waals surface area (Å²) in [7, 11) is -9.22. The summed E-state index contributed by atoms with van der Waals surface area (Å²) < 4.78 is 61.5. The molecule has 23 heteroatoms. The fourth-order valence-electron chi connectivity index (χ4n) is 5.68. The molecular weight excluding hydrogens is 784 g/mol. The van der Waals surface area contributed by atoms with Gasteiger partial charge in [-0.3, -0.25) is 32.5 Å². The van der Waals surface area contributed by atoms with E-state index in [1.165, 1.54) is 17.2 Å². The Kier molecular flexibility index (Phi) is 12.9. The molecule has 5 N–H and O–H groups in total. The van der Waals surface area contributed by atoms with Crippen molar-refractivity contribution in [3.63, 3.8) is 0 Å². The summed E-state index contributed by atoms with van der Waals surface area (Å²) in [6.45, 7) is 20.5. The van der Waals surface area contributed by atoms with Crippen molar-refractivity contribution in [2.45, 2.75) is 134 Å². The smallest absolute Gasteiger partial charge is 0.414 e. The second-order valence-electron chi connectivity index (χ2n) is 17.0. The van der Waals surface area contributed by atoms with Gasteiger partial charge in [-0.2, -0.15) is 15.2 Å². The summed E-state index contributed by atoms with van der Waals surface area (Å²) in [4.78, 5) is 44.0. The number of fused-ring (bicyclic) bond motifs is 1. The van der Waals surface area contributed by atoms with Crippen LogP contribution in [0.5, 0.6) is 0 Å². The van der Waals surface area contributed by atoms with Gasteiger partial charge in [-0.15, -0.1) is 0 Å². The van der Waals surface area contributed by atoms with Crippen molar-refractivity contribution in [1.82, 2.24) is 34.1 Å². The molecule has 2 fully saturated rings. The number of H-pyrrole nitrogens is 1. The maximum atomic E-state index is 14.6. The van der Waals surface area contributed by atoms with Crippen LogP contribution in [-0.2, 0) is 36.5 Å². The lowest BCUT2D eigenvalue weighted by molar-refractivity contribution is -0.0567. The second-order valence-corrected chi connectivity index (χ2v) is 28.2. The van der Waals surface area contributed by atoms with E-state index in [2.05, 4.69) is 92.7 Å². The number of hydrogen-bond acceptors (Lipinski definition) is 17. The number of phosphoric acid groups is 1. The first-order valence-corrected chi connectivity index (χ1v) is 25.7. The highest BCUT2D eigenvalue weighted by molar-refractivity contribution is 7.48. The molecule has 0 spiro atoms. The number of nitrogens with two attached hydrogens (primary N) is 2. The molecule has 2 saturated heterocycles. The van der Waals surface area contributed by atoms with E-state index in [0.29, 0.717) is 6.42 Å². The number of phosphoric ester groups is 1. The molecule has 7 atom stereocenters. The quantitative estimate of drug-likeness (QED) is 0.109. The van der Waals surface area contributed by atoms with Crippen molar-refractivity contribution >= 4 is 47.5 Å². The molecule has 0 aromatic carbocycles. The van der Waals surface area contributed by atoms with Crippen LogP contribution >= 0.6 is 7.82 Å². The molecular formula is C33H55N10O10PSi2. The normalized spacial score (nSPS) is 24.7. The highest BCUT2D eigenvalue weighted by atomic mass is 31.2. The number of nitrogens with zero attached hydrogens (tertiary/aromatic N) is 7. The third-order valence-electron chi connectivity index (χ3n) is 11.0. The van der Waals surface area contributed by atoms with Gasteiger partial charge in [-0.25, -0.2) is 19.3 Å². The Bertz CT molecular complexity index is 2080. The van der Waals surface area contributed by atoms with Gasteiger partial charge in [0, 0.05) is 12.8 Å². The predicted molar refractivity (Wildman–Crippen MR) is 210 cm³/mol. The highest BCUT2D eigenvalue weighted by Crippen LogP contribution is 2.54. The Labute approximate surface area is 327 Å². The molecule has 5 heterocycles. The molecule has 3 aromatic rings. The SMILES string of the molecule is CC(C)(C)[Si](C)(C)OC[C@H]1O[C@@H](n2cnc(N)nc2=O)CC1OP(=O)(OCCC#N)OC[C@H]1O[C@@H](n2cnc3c(=O)[nH]c(N)nc32)CC1O[Si](C)(C)C(C)(C)C. The maximum Gasteiger partial charge on any atom is 0.475 e. The van der Waals surface area contributed by atoms with E-state index in [9.17, 15) is 19.4 Å². The lowest BCUT2D eigenvalue weighted by Crippen LogP contribution is -2.46. The molecule has 56 heavy (non-hydrogen) atoms. The molecule has 0 bridgehead atoms. The molecule has 2 aliphatic rings. The van der Waals surface area contributed by atoms with Gasteiger partial charge in [-0.05, 0) is 36.3 Å².